The van der Waals surface area contributed by atoms with Gasteiger partial charge in [0.05, 0.1) is 12.2 Å². The lowest BCUT2D eigenvalue weighted by Crippen LogP contribution is -2.31. The maximum absolute atomic E-state index is 12.3. The van der Waals surface area contributed by atoms with E-state index in [9.17, 15) is 13.2 Å². The molecule has 0 saturated carbocycles. The SMILES string of the molecule is NS(=O)(=O)C[C@H]1CCN(C(=O)Cc2ccc3c(c2)OCO3)C1. The number of ether oxygens (including phenoxy) is 2. The molecule has 0 aliphatic carbocycles. The first-order valence-electron chi connectivity index (χ1n) is 7.07. The summed E-state index contributed by atoms with van der Waals surface area (Å²) in [7, 11) is -3.49. The van der Waals surface area contributed by atoms with Gasteiger partial charge in [-0.15, -0.1) is 0 Å². The second-order valence-corrected chi connectivity index (χ2v) is 7.35. The molecule has 0 bridgehead atoms. The minimum absolute atomic E-state index is 0.0178. The average Bonchev–Trinajstić information content (AvgIpc) is 3.05. The van der Waals surface area contributed by atoms with Crippen molar-refractivity contribution in [3.63, 3.8) is 0 Å². The zero-order valence-electron chi connectivity index (χ0n) is 12.0. The maximum atomic E-state index is 12.3. The van der Waals surface area contributed by atoms with Gasteiger partial charge in [-0.1, -0.05) is 6.07 Å². The molecule has 2 aliphatic rings. The first-order valence-corrected chi connectivity index (χ1v) is 8.79. The van der Waals surface area contributed by atoms with E-state index in [-0.39, 0.29) is 30.8 Å². The molecule has 1 aromatic carbocycles. The molecule has 1 fully saturated rings. The fraction of sp³-hybridized carbons (Fsp3) is 0.500. The molecule has 7 nitrogen and oxygen atoms in total. The average molecular weight is 326 g/mol. The van der Waals surface area contributed by atoms with E-state index in [0.717, 1.165) is 5.56 Å². The summed E-state index contributed by atoms with van der Waals surface area (Å²) in [6.07, 6.45) is 0.933. The highest BCUT2D eigenvalue weighted by Gasteiger charge is 2.28. The lowest BCUT2D eigenvalue weighted by Gasteiger charge is -2.16. The molecule has 0 unspecified atom stereocenters. The highest BCUT2D eigenvalue weighted by molar-refractivity contribution is 7.89. The molecular formula is C14H18N2O5S. The Morgan fingerprint density at radius 2 is 2.09 bits per heavy atom. The Kier molecular flexibility index (Phi) is 3.96. The molecular weight excluding hydrogens is 308 g/mol. The van der Waals surface area contributed by atoms with Gasteiger partial charge in [-0.25, -0.2) is 13.6 Å². The van der Waals surface area contributed by atoms with Gasteiger partial charge in [-0.3, -0.25) is 4.79 Å². The van der Waals surface area contributed by atoms with Gasteiger partial charge in [0.1, 0.15) is 0 Å². The van der Waals surface area contributed by atoms with Gasteiger partial charge in [0.15, 0.2) is 11.5 Å². The fourth-order valence-corrected chi connectivity index (χ4v) is 3.79. The van der Waals surface area contributed by atoms with Crippen LogP contribution in [0, 0.1) is 5.92 Å². The van der Waals surface area contributed by atoms with E-state index < -0.39 is 10.0 Å². The highest BCUT2D eigenvalue weighted by atomic mass is 32.2. The summed E-state index contributed by atoms with van der Waals surface area (Å²) in [4.78, 5) is 14.0. The quantitative estimate of drug-likeness (QED) is 0.846. The van der Waals surface area contributed by atoms with Crippen LogP contribution in [0.5, 0.6) is 11.5 Å². The fourth-order valence-electron chi connectivity index (χ4n) is 2.86. The number of hydrogen-bond donors (Lipinski definition) is 1. The molecule has 1 atom stereocenters. The third-order valence-electron chi connectivity index (χ3n) is 3.90. The first kappa shape index (κ1) is 15.1. The van der Waals surface area contributed by atoms with Crippen LogP contribution in [0.25, 0.3) is 0 Å². The number of nitrogens with zero attached hydrogens (tertiary/aromatic N) is 1. The topological polar surface area (TPSA) is 98.9 Å². The summed E-state index contributed by atoms with van der Waals surface area (Å²) in [6, 6.07) is 5.43. The molecule has 22 heavy (non-hydrogen) atoms. The molecule has 120 valence electrons. The molecule has 0 aromatic heterocycles. The predicted molar refractivity (Wildman–Crippen MR) is 78.9 cm³/mol. The number of primary sulfonamides is 1. The van der Waals surface area contributed by atoms with E-state index >= 15 is 0 Å². The van der Waals surface area contributed by atoms with Crippen LogP contribution in [0.4, 0.5) is 0 Å². The zero-order valence-corrected chi connectivity index (χ0v) is 12.8. The Morgan fingerprint density at radius 3 is 2.86 bits per heavy atom. The van der Waals surface area contributed by atoms with Crippen LogP contribution in [0.1, 0.15) is 12.0 Å². The lowest BCUT2D eigenvalue weighted by molar-refractivity contribution is -0.129. The molecule has 2 N–H and O–H groups in total. The monoisotopic (exact) mass is 326 g/mol. The maximum Gasteiger partial charge on any atom is 0.231 e. The first-order chi connectivity index (χ1) is 10.4. The van der Waals surface area contributed by atoms with Crippen LogP contribution in [0.3, 0.4) is 0 Å². The van der Waals surface area contributed by atoms with Gasteiger partial charge in [0, 0.05) is 13.1 Å². The van der Waals surface area contributed by atoms with Crippen LogP contribution >= 0.6 is 0 Å². The van der Waals surface area contributed by atoms with E-state index in [4.69, 9.17) is 14.6 Å². The molecule has 8 heteroatoms. The van der Waals surface area contributed by atoms with Crippen molar-refractivity contribution in [1.29, 1.82) is 0 Å². The number of sulfonamides is 1. The van der Waals surface area contributed by atoms with Crippen LogP contribution in [-0.4, -0.2) is 44.9 Å². The smallest absolute Gasteiger partial charge is 0.231 e. The van der Waals surface area contributed by atoms with Crippen molar-refractivity contribution in [2.45, 2.75) is 12.8 Å². The number of amides is 1. The Hall–Kier alpha value is -1.80. The number of benzene rings is 1. The number of rotatable bonds is 4. The van der Waals surface area contributed by atoms with Gasteiger partial charge in [-0.2, -0.15) is 0 Å². The van der Waals surface area contributed by atoms with E-state index in [1.807, 2.05) is 6.07 Å². The Balaban J connectivity index is 1.59. The summed E-state index contributed by atoms with van der Waals surface area (Å²) in [5.74, 6) is 1.18. The Bertz CT molecular complexity index is 688. The molecule has 0 radical (unpaired) electrons. The van der Waals surface area contributed by atoms with Crippen molar-refractivity contribution in [3.05, 3.63) is 23.8 Å². The largest absolute Gasteiger partial charge is 0.454 e. The Labute approximate surface area is 129 Å². The second kappa shape index (κ2) is 5.77. The van der Waals surface area contributed by atoms with Crippen LogP contribution < -0.4 is 14.6 Å². The minimum Gasteiger partial charge on any atom is -0.454 e. The number of carbonyl (C=O) groups is 1. The summed E-state index contributed by atoms with van der Waals surface area (Å²) in [6.45, 7) is 1.22. The van der Waals surface area contributed by atoms with Crippen LogP contribution in [0.15, 0.2) is 18.2 Å². The van der Waals surface area contributed by atoms with Gasteiger partial charge in [0.25, 0.3) is 0 Å². The van der Waals surface area contributed by atoms with Crippen molar-refractivity contribution >= 4 is 15.9 Å². The summed E-state index contributed by atoms with van der Waals surface area (Å²) < 4.78 is 32.7. The van der Waals surface area contributed by atoms with E-state index in [1.165, 1.54) is 0 Å². The molecule has 2 heterocycles. The molecule has 2 aliphatic heterocycles. The van der Waals surface area contributed by atoms with Crippen LogP contribution in [0.2, 0.25) is 0 Å². The highest BCUT2D eigenvalue weighted by Crippen LogP contribution is 2.32. The summed E-state index contributed by atoms with van der Waals surface area (Å²) in [5.41, 5.74) is 0.851. The van der Waals surface area contributed by atoms with E-state index in [0.29, 0.717) is 31.0 Å². The van der Waals surface area contributed by atoms with Gasteiger partial charge in [-0.05, 0) is 30.0 Å². The van der Waals surface area contributed by atoms with Crippen molar-refractivity contribution in [1.82, 2.24) is 4.90 Å². The molecule has 0 spiro atoms. The molecule has 3 rings (SSSR count). The van der Waals surface area contributed by atoms with Gasteiger partial charge >= 0.3 is 0 Å². The van der Waals surface area contributed by atoms with Gasteiger partial charge in [0.2, 0.25) is 22.7 Å². The number of likely N-dealkylation sites (tertiary alicyclic amines) is 1. The normalized spacial score (nSPS) is 20.4. The van der Waals surface area contributed by atoms with Gasteiger partial charge < -0.3 is 14.4 Å². The number of hydrogen-bond acceptors (Lipinski definition) is 5. The van der Waals surface area contributed by atoms with Crippen molar-refractivity contribution in [2.24, 2.45) is 11.1 Å². The standard InChI is InChI=1S/C14H18N2O5S/c15-22(18,19)8-11-3-4-16(7-11)14(17)6-10-1-2-12-13(5-10)21-9-20-12/h1-2,5,11H,3-4,6-9H2,(H2,15,18,19)/t11-/m0/s1. The third kappa shape index (κ3) is 3.50. The number of carbonyl (C=O) groups excluding carboxylic acids is 1. The number of fused-ring (bicyclic) bond motifs is 1. The number of nitrogens with two attached hydrogens (primary N) is 1. The molecule has 1 amide bonds. The molecule has 1 aromatic rings. The van der Waals surface area contributed by atoms with Crippen molar-refractivity contribution in [2.75, 3.05) is 25.6 Å². The third-order valence-corrected chi connectivity index (χ3v) is 4.83. The minimum atomic E-state index is -3.49. The lowest BCUT2D eigenvalue weighted by atomic mass is 10.1. The predicted octanol–water partition coefficient (Wildman–Crippen LogP) is 0.0948. The van der Waals surface area contributed by atoms with E-state index in [1.54, 1.807) is 17.0 Å². The van der Waals surface area contributed by atoms with Crippen LogP contribution in [-0.2, 0) is 21.2 Å². The van der Waals surface area contributed by atoms with Crippen molar-refractivity contribution in [3.8, 4) is 11.5 Å². The van der Waals surface area contributed by atoms with Crippen molar-refractivity contribution < 1.29 is 22.7 Å². The van der Waals surface area contributed by atoms with E-state index in [2.05, 4.69) is 0 Å². The zero-order chi connectivity index (χ0) is 15.7. The Morgan fingerprint density at radius 1 is 1.32 bits per heavy atom. The molecule has 1 saturated heterocycles. The second-order valence-electron chi connectivity index (χ2n) is 5.69. The summed E-state index contributed by atoms with van der Waals surface area (Å²) in [5, 5.41) is 5.06. The summed E-state index contributed by atoms with van der Waals surface area (Å²) >= 11 is 0.